The molecule has 0 atom stereocenters. The minimum atomic E-state index is -0.472. The molecule has 0 aromatic carbocycles. The predicted molar refractivity (Wildman–Crippen MR) is 60.9 cm³/mol. The molecule has 0 aromatic heterocycles. The average Bonchev–Trinajstić information content (AvgIpc) is 2.17. The first kappa shape index (κ1) is 14.7. The van der Waals surface area contributed by atoms with Crippen LogP contribution in [0, 0.1) is 11.3 Å². The Morgan fingerprint density at radius 1 is 1.50 bits per heavy atom. The van der Waals surface area contributed by atoms with Gasteiger partial charge in [0.25, 0.3) is 0 Å². The summed E-state index contributed by atoms with van der Waals surface area (Å²) in [5.41, 5.74) is 0. The van der Waals surface area contributed by atoms with Crippen molar-refractivity contribution in [3.05, 3.63) is 0 Å². The number of hydrogen-bond donors (Lipinski definition) is 1. The molecule has 0 heterocycles. The number of halogens is 1. The van der Waals surface area contributed by atoms with Gasteiger partial charge < -0.3 is 4.90 Å². The lowest BCUT2D eigenvalue weighted by Gasteiger charge is -2.25. The molecule has 0 unspecified atom stereocenters. The van der Waals surface area contributed by atoms with Crippen molar-refractivity contribution >= 4 is 23.5 Å². The first-order valence-corrected chi connectivity index (χ1v) is 5.59. The smallest absolute Gasteiger partial charge is 0.321 e. The summed E-state index contributed by atoms with van der Waals surface area (Å²) in [7, 11) is 0. The summed E-state index contributed by atoms with van der Waals surface area (Å²) in [5, 5.41) is 10.7. The van der Waals surface area contributed by atoms with Crippen LogP contribution >= 0.6 is 11.6 Å². The van der Waals surface area contributed by atoms with Gasteiger partial charge in [-0.25, -0.2) is 4.79 Å². The minimum Gasteiger partial charge on any atom is -0.321 e. The molecular weight excluding hydrogens is 230 g/mol. The van der Waals surface area contributed by atoms with Gasteiger partial charge in [0.1, 0.15) is 0 Å². The number of carbonyl (C=O) groups is 2. The molecule has 90 valence electrons. The molecule has 0 fully saturated rings. The number of carbonyl (C=O) groups excluding carboxylic acids is 2. The standard InChI is InChI=1S/C10H16ClN3O2/c1-8(2)14(7-3-6-12)10(16)13-9(15)4-5-11/h8H,3-5,7H2,1-2H3,(H,13,15,16). The second-order valence-corrected chi connectivity index (χ2v) is 3.87. The summed E-state index contributed by atoms with van der Waals surface area (Å²) in [4.78, 5) is 24.2. The predicted octanol–water partition coefficient (Wildman–Crippen LogP) is 1.48. The molecule has 0 aliphatic carbocycles. The molecule has 6 heteroatoms. The Kier molecular flexibility index (Phi) is 7.31. The number of amides is 3. The van der Waals surface area contributed by atoms with Crippen molar-refractivity contribution in [3.8, 4) is 6.07 Å². The molecule has 5 nitrogen and oxygen atoms in total. The summed E-state index contributed by atoms with van der Waals surface area (Å²) in [6, 6.07) is 1.43. The van der Waals surface area contributed by atoms with Gasteiger partial charge in [0.2, 0.25) is 5.91 Å². The van der Waals surface area contributed by atoms with Crippen LogP contribution in [0.5, 0.6) is 0 Å². The lowest BCUT2D eigenvalue weighted by molar-refractivity contribution is -0.119. The quantitative estimate of drug-likeness (QED) is 0.746. The van der Waals surface area contributed by atoms with E-state index in [9.17, 15) is 9.59 Å². The van der Waals surface area contributed by atoms with E-state index in [1.807, 2.05) is 19.9 Å². The Bertz CT molecular complexity index is 286. The number of imide groups is 1. The van der Waals surface area contributed by atoms with E-state index in [2.05, 4.69) is 5.32 Å². The van der Waals surface area contributed by atoms with E-state index in [0.717, 1.165) is 0 Å². The molecule has 0 aromatic rings. The van der Waals surface area contributed by atoms with Gasteiger partial charge >= 0.3 is 6.03 Å². The normalized spacial score (nSPS) is 9.69. The Morgan fingerprint density at radius 2 is 2.12 bits per heavy atom. The lowest BCUT2D eigenvalue weighted by atomic mass is 10.3. The van der Waals surface area contributed by atoms with E-state index >= 15 is 0 Å². The third-order valence-corrected chi connectivity index (χ3v) is 2.11. The second kappa shape index (κ2) is 7.94. The van der Waals surface area contributed by atoms with Crippen molar-refractivity contribution in [2.45, 2.75) is 32.7 Å². The van der Waals surface area contributed by atoms with Gasteiger partial charge in [-0.2, -0.15) is 5.26 Å². The van der Waals surface area contributed by atoms with Crippen LogP contribution in [0.2, 0.25) is 0 Å². The van der Waals surface area contributed by atoms with Crippen molar-refractivity contribution < 1.29 is 9.59 Å². The monoisotopic (exact) mass is 245 g/mol. The molecule has 3 amide bonds. The van der Waals surface area contributed by atoms with Crippen LogP contribution in [-0.2, 0) is 4.79 Å². The molecule has 0 aliphatic heterocycles. The Balaban J connectivity index is 4.28. The first-order chi connectivity index (χ1) is 7.52. The fourth-order valence-electron chi connectivity index (χ4n) is 1.10. The molecule has 0 saturated carbocycles. The number of urea groups is 1. The third-order valence-electron chi connectivity index (χ3n) is 1.92. The highest BCUT2D eigenvalue weighted by Crippen LogP contribution is 2.00. The van der Waals surface area contributed by atoms with Crippen LogP contribution in [-0.4, -0.2) is 35.3 Å². The molecular formula is C10H16ClN3O2. The summed E-state index contributed by atoms with van der Waals surface area (Å²) in [6.45, 7) is 3.96. The van der Waals surface area contributed by atoms with Gasteiger partial charge in [-0.05, 0) is 13.8 Å². The van der Waals surface area contributed by atoms with E-state index in [1.54, 1.807) is 0 Å². The summed E-state index contributed by atoms with van der Waals surface area (Å²) < 4.78 is 0. The van der Waals surface area contributed by atoms with E-state index in [1.165, 1.54) is 4.90 Å². The number of hydrogen-bond acceptors (Lipinski definition) is 3. The van der Waals surface area contributed by atoms with Gasteiger partial charge in [0.15, 0.2) is 0 Å². The third kappa shape index (κ3) is 5.56. The van der Waals surface area contributed by atoms with Crippen LogP contribution in [0.15, 0.2) is 0 Å². The molecule has 0 radical (unpaired) electrons. The highest BCUT2D eigenvalue weighted by Gasteiger charge is 2.18. The highest BCUT2D eigenvalue weighted by atomic mass is 35.5. The van der Waals surface area contributed by atoms with Crippen molar-refractivity contribution in [1.29, 1.82) is 5.26 Å². The van der Waals surface area contributed by atoms with Crippen LogP contribution in [0.3, 0.4) is 0 Å². The molecule has 0 aliphatic rings. The van der Waals surface area contributed by atoms with E-state index in [4.69, 9.17) is 16.9 Å². The number of rotatable bonds is 5. The lowest BCUT2D eigenvalue weighted by Crippen LogP contribution is -2.46. The van der Waals surface area contributed by atoms with Crippen molar-refractivity contribution in [2.24, 2.45) is 0 Å². The maximum Gasteiger partial charge on any atom is 0.324 e. The van der Waals surface area contributed by atoms with Crippen molar-refractivity contribution in [3.63, 3.8) is 0 Å². The minimum absolute atomic E-state index is 0.0582. The van der Waals surface area contributed by atoms with Gasteiger partial charge in [-0.1, -0.05) is 0 Å². The number of nitrogens with zero attached hydrogens (tertiary/aromatic N) is 2. The fraction of sp³-hybridized carbons (Fsp3) is 0.700. The van der Waals surface area contributed by atoms with Crippen LogP contribution in [0.25, 0.3) is 0 Å². The maximum atomic E-state index is 11.6. The summed E-state index contributed by atoms with van der Waals surface area (Å²) in [6.07, 6.45) is 0.354. The molecule has 16 heavy (non-hydrogen) atoms. The van der Waals surface area contributed by atoms with E-state index in [-0.39, 0.29) is 24.8 Å². The fourth-order valence-corrected chi connectivity index (χ4v) is 1.28. The Morgan fingerprint density at radius 3 is 2.56 bits per heavy atom. The van der Waals surface area contributed by atoms with Crippen LogP contribution in [0.1, 0.15) is 26.7 Å². The van der Waals surface area contributed by atoms with Crippen LogP contribution < -0.4 is 5.32 Å². The number of nitrogens with one attached hydrogen (secondary N) is 1. The zero-order valence-electron chi connectivity index (χ0n) is 9.49. The number of nitriles is 1. The molecule has 0 spiro atoms. The molecule has 1 N–H and O–H groups in total. The maximum absolute atomic E-state index is 11.6. The molecule has 0 bridgehead atoms. The van der Waals surface area contributed by atoms with Gasteiger partial charge in [0, 0.05) is 24.9 Å². The van der Waals surface area contributed by atoms with Gasteiger partial charge in [0.05, 0.1) is 12.5 Å². The largest absolute Gasteiger partial charge is 0.324 e. The average molecular weight is 246 g/mol. The van der Waals surface area contributed by atoms with E-state index < -0.39 is 11.9 Å². The summed E-state index contributed by atoms with van der Waals surface area (Å²) in [5.74, 6) is -0.221. The second-order valence-electron chi connectivity index (χ2n) is 3.49. The van der Waals surface area contributed by atoms with Gasteiger partial charge in [-0.15, -0.1) is 11.6 Å². The van der Waals surface area contributed by atoms with Crippen molar-refractivity contribution in [2.75, 3.05) is 12.4 Å². The van der Waals surface area contributed by atoms with Gasteiger partial charge in [-0.3, -0.25) is 10.1 Å². The Labute approximate surface area is 100 Å². The zero-order valence-corrected chi connectivity index (χ0v) is 10.3. The highest BCUT2D eigenvalue weighted by molar-refractivity contribution is 6.19. The summed E-state index contributed by atoms with van der Waals surface area (Å²) >= 11 is 5.38. The van der Waals surface area contributed by atoms with Crippen molar-refractivity contribution in [1.82, 2.24) is 10.2 Å². The topological polar surface area (TPSA) is 73.2 Å². The number of alkyl halides is 1. The molecule has 0 rings (SSSR count). The van der Waals surface area contributed by atoms with E-state index in [0.29, 0.717) is 6.54 Å². The first-order valence-electron chi connectivity index (χ1n) is 5.06. The Hall–Kier alpha value is -1.28. The molecule has 0 saturated heterocycles. The zero-order chi connectivity index (χ0) is 12.6. The SMILES string of the molecule is CC(C)N(CCC#N)C(=O)NC(=O)CCCl. The van der Waals surface area contributed by atoms with Crippen LogP contribution in [0.4, 0.5) is 4.79 Å².